The van der Waals surface area contributed by atoms with Crippen molar-refractivity contribution >= 4 is 33.0 Å². The maximum Gasteiger partial charge on any atom is 0.270 e. The molecular formula is C25H26ClN3O7S. The molecular weight excluding hydrogens is 522 g/mol. The summed E-state index contributed by atoms with van der Waals surface area (Å²) in [5.41, 5.74) is 0.0903. The standard InChI is InChI=1S/C25H26ClN3O7S/c1-25(9-10-27-15-25)36-21-12-17(7-8-20(21)26)28-37(32,33)24-14-23(35-3)22(34-2)13-19(24)16-5-4-6-18(11-16)29(30)31/h4-8,11-14,27-28H,9-10,15H2,1-3H3/t25-/m1/s1. The van der Waals surface area contributed by atoms with E-state index in [2.05, 4.69) is 10.0 Å². The topological polar surface area (TPSA) is 129 Å². The highest BCUT2D eigenvalue weighted by atomic mass is 35.5. The van der Waals surface area contributed by atoms with Gasteiger partial charge < -0.3 is 19.5 Å². The fourth-order valence-corrected chi connectivity index (χ4v) is 5.53. The van der Waals surface area contributed by atoms with Crippen LogP contribution < -0.4 is 24.2 Å². The number of nitrogens with one attached hydrogen (secondary N) is 2. The van der Waals surface area contributed by atoms with E-state index in [-0.39, 0.29) is 33.3 Å². The van der Waals surface area contributed by atoms with Gasteiger partial charge in [0.1, 0.15) is 11.4 Å². The number of rotatable bonds is 9. The Bertz CT molecular complexity index is 1440. The second-order valence-corrected chi connectivity index (χ2v) is 10.8. The predicted octanol–water partition coefficient (Wildman–Crippen LogP) is 4.86. The van der Waals surface area contributed by atoms with E-state index in [0.717, 1.165) is 13.0 Å². The largest absolute Gasteiger partial charge is 0.493 e. The predicted molar refractivity (Wildman–Crippen MR) is 140 cm³/mol. The zero-order chi connectivity index (χ0) is 26.8. The summed E-state index contributed by atoms with van der Waals surface area (Å²) in [5, 5.41) is 14.9. The monoisotopic (exact) mass is 547 g/mol. The zero-order valence-corrected chi connectivity index (χ0v) is 22.0. The van der Waals surface area contributed by atoms with Gasteiger partial charge in [0.2, 0.25) is 0 Å². The van der Waals surface area contributed by atoms with Crippen LogP contribution in [0.1, 0.15) is 13.3 Å². The molecule has 4 rings (SSSR count). The lowest BCUT2D eigenvalue weighted by Gasteiger charge is -2.26. The first-order valence-corrected chi connectivity index (χ1v) is 13.1. The fraction of sp³-hybridized carbons (Fsp3) is 0.280. The molecule has 37 heavy (non-hydrogen) atoms. The Morgan fingerprint density at radius 2 is 1.78 bits per heavy atom. The van der Waals surface area contributed by atoms with Crippen LogP contribution in [0.5, 0.6) is 17.2 Å². The van der Waals surface area contributed by atoms with Crippen LogP contribution in [-0.4, -0.2) is 46.3 Å². The molecule has 12 heteroatoms. The third kappa shape index (κ3) is 5.74. The second kappa shape index (κ2) is 10.4. The van der Waals surface area contributed by atoms with Gasteiger partial charge in [0.15, 0.2) is 11.5 Å². The van der Waals surface area contributed by atoms with Crippen LogP contribution in [0.25, 0.3) is 11.1 Å². The Kier molecular flexibility index (Phi) is 7.49. The molecule has 0 aliphatic carbocycles. The molecule has 196 valence electrons. The SMILES string of the molecule is COc1cc(-c2cccc([N+](=O)[O-])c2)c(S(=O)(=O)Nc2ccc(Cl)c(O[C@]3(C)CCNC3)c2)cc1OC. The summed E-state index contributed by atoms with van der Waals surface area (Å²) in [7, 11) is -1.42. The lowest BCUT2D eigenvalue weighted by molar-refractivity contribution is -0.384. The number of nitrogens with zero attached hydrogens (tertiary/aromatic N) is 1. The van der Waals surface area contributed by atoms with E-state index in [0.29, 0.717) is 22.9 Å². The minimum atomic E-state index is -4.22. The molecule has 1 fully saturated rings. The summed E-state index contributed by atoms with van der Waals surface area (Å²) < 4.78 is 46.7. The Balaban J connectivity index is 1.77. The number of nitro benzene ring substituents is 1. The second-order valence-electron chi connectivity index (χ2n) is 8.74. The normalized spacial score (nSPS) is 17.3. The van der Waals surface area contributed by atoms with Crippen molar-refractivity contribution in [2.24, 2.45) is 0 Å². The summed E-state index contributed by atoms with van der Waals surface area (Å²) >= 11 is 6.34. The molecule has 0 saturated carbocycles. The van der Waals surface area contributed by atoms with Crippen LogP contribution in [0.4, 0.5) is 11.4 Å². The van der Waals surface area contributed by atoms with E-state index in [1.165, 1.54) is 56.7 Å². The molecule has 2 N–H and O–H groups in total. The van der Waals surface area contributed by atoms with Gasteiger partial charge in [-0.3, -0.25) is 14.8 Å². The van der Waals surface area contributed by atoms with Crippen LogP contribution in [0.3, 0.4) is 0 Å². The first kappa shape index (κ1) is 26.5. The van der Waals surface area contributed by atoms with E-state index >= 15 is 0 Å². The first-order valence-electron chi connectivity index (χ1n) is 11.3. The quantitative estimate of drug-likeness (QED) is 0.287. The molecule has 1 heterocycles. The lowest BCUT2D eigenvalue weighted by atomic mass is 10.0. The average molecular weight is 548 g/mol. The highest BCUT2D eigenvalue weighted by Crippen LogP contribution is 2.40. The number of anilines is 1. The van der Waals surface area contributed by atoms with Crippen molar-refractivity contribution < 1.29 is 27.6 Å². The molecule has 10 nitrogen and oxygen atoms in total. The van der Waals surface area contributed by atoms with Crippen molar-refractivity contribution in [2.45, 2.75) is 23.8 Å². The van der Waals surface area contributed by atoms with Gasteiger partial charge in [0.25, 0.3) is 15.7 Å². The molecule has 0 spiro atoms. The van der Waals surface area contributed by atoms with Crippen LogP contribution in [0.2, 0.25) is 5.02 Å². The number of methoxy groups -OCH3 is 2. The van der Waals surface area contributed by atoms with Crippen LogP contribution in [-0.2, 0) is 10.0 Å². The van der Waals surface area contributed by atoms with Crippen molar-refractivity contribution in [2.75, 3.05) is 32.0 Å². The summed E-state index contributed by atoms with van der Waals surface area (Å²) in [4.78, 5) is 10.6. The maximum absolute atomic E-state index is 13.7. The van der Waals surface area contributed by atoms with Crippen molar-refractivity contribution in [1.82, 2.24) is 5.32 Å². The van der Waals surface area contributed by atoms with Gasteiger partial charge in [-0.1, -0.05) is 23.7 Å². The lowest BCUT2D eigenvalue weighted by Crippen LogP contribution is -2.34. The molecule has 0 amide bonds. The average Bonchev–Trinajstić information content (AvgIpc) is 3.30. The van der Waals surface area contributed by atoms with Crippen LogP contribution >= 0.6 is 11.6 Å². The summed E-state index contributed by atoms with van der Waals surface area (Å²) in [6.07, 6.45) is 0.775. The van der Waals surface area contributed by atoms with Crippen molar-refractivity contribution in [3.8, 4) is 28.4 Å². The number of benzene rings is 3. The summed E-state index contributed by atoms with van der Waals surface area (Å²) in [6, 6.07) is 13.1. The van der Waals surface area contributed by atoms with Crippen LogP contribution in [0, 0.1) is 10.1 Å². The van der Waals surface area contributed by atoms with E-state index in [4.69, 9.17) is 25.8 Å². The smallest absolute Gasteiger partial charge is 0.270 e. The number of sulfonamides is 1. The molecule has 0 unspecified atom stereocenters. The third-order valence-corrected chi connectivity index (χ3v) is 7.75. The molecule has 3 aromatic rings. The number of ether oxygens (including phenoxy) is 3. The molecule has 0 bridgehead atoms. The summed E-state index contributed by atoms with van der Waals surface area (Å²) in [6.45, 7) is 3.40. The highest BCUT2D eigenvalue weighted by Gasteiger charge is 2.31. The van der Waals surface area contributed by atoms with E-state index in [9.17, 15) is 18.5 Å². The number of non-ortho nitro benzene ring substituents is 1. The van der Waals surface area contributed by atoms with E-state index in [1.807, 2.05) is 6.92 Å². The van der Waals surface area contributed by atoms with Gasteiger partial charge in [-0.25, -0.2) is 8.42 Å². The van der Waals surface area contributed by atoms with Gasteiger partial charge in [-0.15, -0.1) is 0 Å². The fourth-order valence-electron chi connectivity index (χ4n) is 4.10. The van der Waals surface area contributed by atoms with Crippen molar-refractivity contribution in [1.29, 1.82) is 0 Å². The zero-order valence-electron chi connectivity index (χ0n) is 20.4. The van der Waals surface area contributed by atoms with Gasteiger partial charge in [-0.05, 0) is 37.2 Å². The minimum absolute atomic E-state index is 0.157. The highest BCUT2D eigenvalue weighted by molar-refractivity contribution is 7.92. The molecule has 0 radical (unpaired) electrons. The number of nitro groups is 1. The van der Waals surface area contributed by atoms with Gasteiger partial charge >= 0.3 is 0 Å². The molecule has 1 saturated heterocycles. The minimum Gasteiger partial charge on any atom is -0.493 e. The van der Waals surface area contributed by atoms with E-state index < -0.39 is 20.5 Å². The molecule has 0 aromatic heterocycles. The molecule has 3 aromatic carbocycles. The van der Waals surface area contributed by atoms with Gasteiger partial charge in [0.05, 0.1) is 34.7 Å². The number of hydrogen-bond acceptors (Lipinski definition) is 8. The third-order valence-electron chi connectivity index (χ3n) is 6.01. The van der Waals surface area contributed by atoms with E-state index in [1.54, 1.807) is 12.1 Å². The Labute approximate surface area is 219 Å². The first-order chi connectivity index (χ1) is 17.5. The molecule has 1 atom stereocenters. The molecule has 1 aliphatic rings. The van der Waals surface area contributed by atoms with Crippen LogP contribution in [0.15, 0.2) is 59.5 Å². The summed E-state index contributed by atoms with van der Waals surface area (Å²) in [5.74, 6) is 0.793. The molecule has 1 aliphatic heterocycles. The number of hydrogen-bond donors (Lipinski definition) is 2. The Morgan fingerprint density at radius 1 is 1.05 bits per heavy atom. The Morgan fingerprint density at radius 3 is 2.43 bits per heavy atom. The van der Waals surface area contributed by atoms with Gasteiger partial charge in [0, 0.05) is 42.8 Å². The maximum atomic E-state index is 13.7. The van der Waals surface area contributed by atoms with Crippen molar-refractivity contribution in [3.05, 3.63) is 69.7 Å². The Hall–Kier alpha value is -3.54. The van der Waals surface area contributed by atoms with Crippen molar-refractivity contribution in [3.63, 3.8) is 0 Å². The van der Waals surface area contributed by atoms with Gasteiger partial charge in [-0.2, -0.15) is 0 Å². The number of halogens is 1.